The van der Waals surface area contributed by atoms with Gasteiger partial charge in [-0.2, -0.15) is 0 Å². The smallest absolute Gasteiger partial charge is 0.483 e. The zero-order valence-electron chi connectivity index (χ0n) is 11.0. The predicted octanol–water partition coefficient (Wildman–Crippen LogP) is 4.55. The summed E-state index contributed by atoms with van der Waals surface area (Å²) >= 11 is 0. The quantitative estimate of drug-likeness (QED) is 0.786. The normalized spacial score (nSPS) is 17.3. The summed E-state index contributed by atoms with van der Waals surface area (Å²) in [5, 5.41) is 0. The SMILES string of the molecule is CCC1=CC(C)(C)Oc2ccc(OC(F)(F)F)cc21. The van der Waals surface area contributed by atoms with Crippen LogP contribution in [0.25, 0.3) is 5.57 Å². The molecule has 0 atom stereocenters. The van der Waals surface area contributed by atoms with Crippen LogP contribution in [-0.2, 0) is 0 Å². The highest BCUT2D eigenvalue weighted by molar-refractivity contribution is 5.74. The first-order chi connectivity index (χ1) is 8.70. The van der Waals surface area contributed by atoms with E-state index in [2.05, 4.69) is 4.74 Å². The predicted molar refractivity (Wildman–Crippen MR) is 66.1 cm³/mol. The van der Waals surface area contributed by atoms with Gasteiger partial charge >= 0.3 is 6.36 Å². The summed E-state index contributed by atoms with van der Waals surface area (Å²) in [4.78, 5) is 0. The fraction of sp³-hybridized carbons (Fsp3) is 0.429. The summed E-state index contributed by atoms with van der Waals surface area (Å²) in [5.74, 6) is 0.354. The molecular weight excluding hydrogens is 257 g/mol. The van der Waals surface area contributed by atoms with Crippen molar-refractivity contribution in [3.8, 4) is 11.5 Å². The molecule has 19 heavy (non-hydrogen) atoms. The molecule has 0 bridgehead atoms. The van der Waals surface area contributed by atoms with Crippen LogP contribution in [0.15, 0.2) is 24.3 Å². The van der Waals surface area contributed by atoms with Gasteiger partial charge in [0.05, 0.1) is 0 Å². The van der Waals surface area contributed by atoms with Gasteiger partial charge in [0.1, 0.15) is 17.1 Å². The van der Waals surface area contributed by atoms with Crippen LogP contribution < -0.4 is 9.47 Å². The molecule has 0 unspecified atom stereocenters. The summed E-state index contributed by atoms with van der Waals surface area (Å²) in [6.07, 6.45) is -2.04. The van der Waals surface area contributed by atoms with Crippen molar-refractivity contribution < 1.29 is 22.6 Å². The lowest BCUT2D eigenvalue weighted by Crippen LogP contribution is -2.29. The molecule has 0 saturated heterocycles. The Labute approximate surface area is 109 Å². The number of hydrogen-bond donors (Lipinski definition) is 0. The fourth-order valence-electron chi connectivity index (χ4n) is 2.15. The molecule has 0 amide bonds. The zero-order chi connectivity index (χ0) is 14.3. The van der Waals surface area contributed by atoms with Gasteiger partial charge in [0.25, 0.3) is 0 Å². The minimum absolute atomic E-state index is 0.228. The van der Waals surface area contributed by atoms with Gasteiger partial charge in [-0.3, -0.25) is 0 Å². The number of fused-ring (bicyclic) bond motifs is 1. The van der Waals surface area contributed by atoms with E-state index in [-0.39, 0.29) is 5.75 Å². The lowest BCUT2D eigenvalue weighted by Gasteiger charge is -2.31. The Morgan fingerprint density at radius 1 is 1.26 bits per heavy atom. The average Bonchev–Trinajstić information content (AvgIpc) is 2.25. The molecule has 1 aliphatic rings. The van der Waals surface area contributed by atoms with Crippen LogP contribution in [0.3, 0.4) is 0 Å². The number of benzene rings is 1. The van der Waals surface area contributed by atoms with E-state index in [1.165, 1.54) is 18.2 Å². The zero-order valence-corrected chi connectivity index (χ0v) is 11.0. The van der Waals surface area contributed by atoms with Crippen molar-refractivity contribution in [3.05, 3.63) is 29.8 Å². The number of alkyl halides is 3. The molecule has 1 aliphatic heterocycles. The maximum Gasteiger partial charge on any atom is 0.573 e. The van der Waals surface area contributed by atoms with Gasteiger partial charge in [-0.15, -0.1) is 13.2 Å². The molecule has 1 aromatic carbocycles. The average molecular weight is 272 g/mol. The van der Waals surface area contributed by atoms with E-state index in [4.69, 9.17) is 4.74 Å². The molecule has 2 rings (SSSR count). The molecule has 2 nitrogen and oxygen atoms in total. The van der Waals surface area contributed by atoms with Crippen molar-refractivity contribution in [2.24, 2.45) is 0 Å². The minimum atomic E-state index is -4.68. The highest BCUT2D eigenvalue weighted by Gasteiger charge is 2.32. The van der Waals surface area contributed by atoms with E-state index in [1.807, 2.05) is 26.8 Å². The maximum absolute atomic E-state index is 12.2. The van der Waals surface area contributed by atoms with E-state index < -0.39 is 12.0 Å². The standard InChI is InChI=1S/C14H15F3O2/c1-4-9-8-13(2,3)19-12-6-5-10(7-11(9)12)18-14(15,16)17/h5-8H,4H2,1-3H3. The van der Waals surface area contributed by atoms with Gasteiger partial charge in [0.2, 0.25) is 0 Å². The molecule has 1 heterocycles. The van der Waals surface area contributed by atoms with Crippen LogP contribution in [0.1, 0.15) is 32.8 Å². The Hall–Kier alpha value is -1.65. The molecule has 0 aliphatic carbocycles. The lowest BCUT2D eigenvalue weighted by atomic mass is 9.93. The largest absolute Gasteiger partial charge is 0.573 e. The fourth-order valence-corrected chi connectivity index (χ4v) is 2.15. The van der Waals surface area contributed by atoms with Crippen LogP contribution in [0, 0.1) is 0 Å². The van der Waals surface area contributed by atoms with Crippen LogP contribution in [-0.4, -0.2) is 12.0 Å². The first-order valence-corrected chi connectivity index (χ1v) is 6.01. The molecule has 0 spiro atoms. The number of hydrogen-bond acceptors (Lipinski definition) is 2. The van der Waals surface area contributed by atoms with Gasteiger partial charge < -0.3 is 9.47 Å². The highest BCUT2D eigenvalue weighted by atomic mass is 19.4. The Morgan fingerprint density at radius 2 is 1.95 bits per heavy atom. The van der Waals surface area contributed by atoms with Gasteiger partial charge in [-0.25, -0.2) is 0 Å². The Morgan fingerprint density at radius 3 is 2.53 bits per heavy atom. The van der Waals surface area contributed by atoms with Crippen LogP contribution in [0.2, 0.25) is 0 Å². The second-order valence-electron chi connectivity index (χ2n) is 4.93. The van der Waals surface area contributed by atoms with Crippen molar-refractivity contribution in [2.45, 2.75) is 39.2 Å². The summed E-state index contributed by atoms with van der Waals surface area (Å²) < 4.78 is 46.3. The highest BCUT2D eigenvalue weighted by Crippen LogP contribution is 2.40. The van der Waals surface area contributed by atoms with E-state index in [9.17, 15) is 13.2 Å². The van der Waals surface area contributed by atoms with Crippen molar-refractivity contribution in [1.82, 2.24) is 0 Å². The molecule has 1 aromatic rings. The Balaban J connectivity index is 2.40. The van der Waals surface area contributed by atoms with E-state index in [0.29, 0.717) is 11.3 Å². The number of halogens is 3. The molecule has 5 heteroatoms. The summed E-state index contributed by atoms with van der Waals surface area (Å²) in [5.41, 5.74) is 1.16. The second-order valence-corrected chi connectivity index (χ2v) is 4.93. The van der Waals surface area contributed by atoms with Crippen molar-refractivity contribution >= 4 is 5.57 Å². The third-order valence-electron chi connectivity index (χ3n) is 2.81. The van der Waals surface area contributed by atoms with Crippen LogP contribution in [0.5, 0.6) is 11.5 Å². The third-order valence-corrected chi connectivity index (χ3v) is 2.81. The first kappa shape index (κ1) is 13.8. The minimum Gasteiger partial charge on any atom is -0.483 e. The lowest BCUT2D eigenvalue weighted by molar-refractivity contribution is -0.274. The van der Waals surface area contributed by atoms with Crippen molar-refractivity contribution in [2.75, 3.05) is 0 Å². The summed E-state index contributed by atoms with van der Waals surface area (Å²) in [6.45, 7) is 5.77. The molecule has 104 valence electrons. The van der Waals surface area contributed by atoms with Crippen molar-refractivity contribution in [3.63, 3.8) is 0 Å². The Kier molecular flexibility index (Phi) is 3.24. The van der Waals surface area contributed by atoms with Gasteiger partial charge in [0.15, 0.2) is 0 Å². The maximum atomic E-state index is 12.2. The van der Waals surface area contributed by atoms with Gasteiger partial charge in [0, 0.05) is 5.56 Å². The second kappa shape index (κ2) is 4.47. The van der Waals surface area contributed by atoms with Gasteiger partial charge in [-0.1, -0.05) is 6.92 Å². The summed E-state index contributed by atoms with van der Waals surface area (Å²) in [6, 6.07) is 4.15. The van der Waals surface area contributed by atoms with Crippen molar-refractivity contribution in [1.29, 1.82) is 0 Å². The van der Waals surface area contributed by atoms with E-state index in [0.717, 1.165) is 12.0 Å². The Bertz CT molecular complexity index is 516. The van der Waals surface area contributed by atoms with E-state index >= 15 is 0 Å². The molecule has 0 fully saturated rings. The molecule has 0 aromatic heterocycles. The number of rotatable bonds is 2. The monoisotopic (exact) mass is 272 g/mol. The molecule has 0 N–H and O–H groups in total. The summed E-state index contributed by atoms with van der Waals surface area (Å²) in [7, 11) is 0. The number of ether oxygens (including phenoxy) is 2. The molecule has 0 radical (unpaired) electrons. The van der Waals surface area contributed by atoms with Crippen LogP contribution >= 0.6 is 0 Å². The molecular formula is C14H15F3O2. The molecule has 0 saturated carbocycles. The third kappa shape index (κ3) is 3.22. The van der Waals surface area contributed by atoms with E-state index in [1.54, 1.807) is 0 Å². The number of allylic oxidation sites excluding steroid dienone is 1. The first-order valence-electron chi connectivity index (χ1n) is 6.01. The topological polar surface area (TPSA) is 18.5 Å². The van der Waals surface area contributed by atoms with Crippen LogP contribution in [0.4, 0.5) is 13.2 Å². The van der Waals surface area contributed by atoms with Gasteiger partial charge in [-0.05, 0) is 50.1 Å².